The second kappa shape index (κ2) is 11.9. The smallest absolute Gasteiger partial charge is 0.193 e. The van der Waals surface area contributed by atoms with Crippen LogP contribution in [0.1, 0.15) is 43.5 Å². The second-order valence-electron chi connectivity index (χ2n) is 6.99. The Morgan fingerprint density at radius 3 is 2.64 bits per heavy atom. The first-order chi connectivity index (χ1) is 13.0. The summed E-state index contributed by atoms with van der Waals surface area (Å²) in [7, 11) is 5.85. The summed E-state index contributed by atoms with van der Waals surface area (Å²) in [4.78, 5) is 6.56. The van der Waals surface area contributed by atoms with Gasteiger partial charge in [0.05, 0.1) is 12.3 Å². The van der Waals surface area contributed by atoms with Gasteiger partial charge < -0.3 is 15.0 Å². The van der Waals surface area contributed by atoms with Gasteiger partial charge in [0.1, 0.15) is 5.75 Å². The summed E-state index contributed by atoms with van der Waals surface area (Å²) in [5, 5.41) is 8.05. The summed E-state index contributed by atoms with van der Waals surface area (Å²) >= 11 is 0. The summed E-state index contributed by atoms with van der Waals surface area (Å²) < 4.78 is 7.60. The van der Waals surface area contributed by atoms with Gasteiger partial charge in [0.15, 0.2) is 5.96 Å². The van der Waals surface area contributed by atoms with Crippen LogP contribution < -0.4 is 10.1 Å². The molecule has 1 heterocycles. The van der Waals surface area contributed by atoms with Crippen molar-refractivity contribution in [2.45, 2.75) is 39.7 Å². The van der Waals surface area contributed by atoms with Gasteiger partial charge in [-0.15, -0.1) is 24.0 Å². The molecule has 0 aliphatic carbocycles. The molecular formula is C21H34IN5O. The van der Waals surface area contributed by atoms with E-state index in [1.807, 2.05) is 37.8 Å². The molecule has 0 bridgehead atoms. The van der Waals surface area contributed by atoms with Gasteiger partial charge in [-0.05, 0) is 30.9 Å². The maximum absolute atomic E-state index is 5.71. The quantitative estimate of drug-likeness (QED) is 0.341. The predicted octanol–water partition coefficient (Wildman–Crippen LogP) is 3.81. The fraction of sp³-hybridized carbons (Fsp3) is 0.524. The van der Waals surface area contributed by atoms with Crippen LogP contribution in [0.25, 0.3) is 0 Å². The Morgan fingerprint density at radius 1 is 1.29 bits per heavy atom. The number of nitrogens with one attached hydrogen (secondary N) is 1. The van der Waals surface area contributed by atoms with Crippen molar-refractivity contribution in [3.05, 3.63) is 47.3 Å². The van der Waals surface area contributed by atoms with Gasteiger partial charge in [0, 0.05) is 46.0 Å². The lowest BCUT2D eigenvalue weighted by molar-refractivity contribution is 0.336. The summed E-state index contributed by atoms with van der Waals surface area (Å²) in [6.07, 6.45) is 2.98. The van der Waals surface area contributed by atoms with E-state index in [1.54, 1.807) is 0 Å². The van der Waals surface area contributed by atoms with E-state index in [0.717, 1.165) is 36.9 Å². The number of benzene rings is 1. The highest BCUT2D eigenvalue weighted by molar-refractivity contribution is 14.0. The third-order valence-electron chi connectivity index (χ3n) is 4.41. The number of halogens is 1. The van der Waals surface area contributed by atoms with Crippen LogP contribution in [0, 0.1) is 0 Å². The monoisotopic (exact) mass is 499 g/mol. The maximum atomic E-state index is 5.71. The molecule has 1 aromatic heterocycles. The zero-order valence-corrected chi connectivity index (χ0v) is 20.2. The number of guanidine groups is 1. The molecule has 156 valence electrons. The Labute approximate surface area is 186 Å². The number of aromatic nitrogens is 2. The van der Waals surface area contributed by atoms with Crippen LogP contribution in [-0.2, 0) is 20.0 Å². The molecule has 0 fully saturated rings. The van der Waals surface area contributed by atoms with Crippen LogP contribution in [0.3, 0.4) is 0 Å². The van der Waals surface area contributed by atoms with Crippen molar-refractivity contribution in [2.24, 2.45) is 12.0 Å². The minimum absolute atomic E-state index is 0. The molecule has 0 saturated carbocycles. The summed E-state index contributed by atoms with van der Waals surface area (Å²) in [6, 6.07) is 8.20. The average Bonchev–Trinajstić information content (AvgIpc) is 3.00. The molecule has 1 aromatic carbocycles. The largest absolute Gasteiger partial charge is 0.494 e. The molecule has 0 aliphatic rings. The van der Waals surface area contributed by atoms with E-state index < -0.39 is 0 Å². The molecule has 0 unspecified atom stereocenters. The first-order valence-electron chi connectivity index (χ1n) is 9.61. The van der Waals surface area contributed by atoms with Gasteiger partial charge in [-0.1, -0.05) is 32.0 Å². The van der Waals surface area contributed by atoms with Crippen molar-refractivity contribution in [1.82, 2.24) is 20.0 Å². The maximum Gasteiger partial charge on any atom is 0.193 e. The fourth-order valence-electron chi connectivity index (χ4n) is 3.19. The topological polar surface area (TPSA) is 54.7 Å². The van der Waals surface area contributed by atoms with Gasteiger partial charge in [0.25, 0.3) is 0 Å². The Hall–Kier alpha value is -1.77. The summed E-state index contributed by atoms with van der Waals surface area (Å²) in [6.45, 7) is 8.61. The normalized spacial score (nSPS) is 11.3. The second-order valence-corrected chi connectivity index (χ2v) is 6.99. The van der Waals surface area contributed by atoms with E-state index >= 15 is 0 Å². The highest BCUT2D eigenvalue weighted by Crippen LogP contribution is 2.19. The first-order valence-corrected chi connectivity index (χ1v) is 9.61. The Balaban J connectivity index is 0.00000392. The lowest BCUT2D eigenvalue weighted by Crippen LogP contribution is -2.39. The van der Waals surface area contributed by atoms with Crippen LogP contribution >= 0.6 is 24.0 Å². The average molecular weight is 499 g/mol. The van der Waals surface area contributed by atoms with E-state index in [4.69, 9.17) is 4.74 Å². The highest BCUT2D eigenvalue weighted by Gasteiger charge is 2.15. The third kappa shape index (κ3) is 6.68. The standard InChI is InChI=1S/C21H33N5O.HI/c1-7-27-19-11-9-8-10-17(19)12-13-23-21(22-4)25(5)14-18-15-26(6)24-20(18)16(2)3;/h8-11,15-16H,7,12-14H2,1-6H3,(H,22,23);1H. The highest BCUT2D eigenvalue weighted by atomic mass is 127. The Bertz CT molecular complexity index is 757. The lowest BCUT2D eigenvalue weighted by Gasteiger charge is -2.22. The minimum Gasteiger partial charge on any atom is -0.494 e. The van der Waals surface area contributed by atoms with E-state index in [2.05, 4.69) is 59.5 Å². The van der Waals surface area contributed by atoms with Gasteiger partial charge in [-0.2, -0.15) is 5.10 Å². The molecule has 0 saturated heterocycles. The van der Waals surface area contributed by atoms with Crippen molar-refractivity contribution < 1.29 is 4.74 Å². The third-order valence-corrected chi connectivity index (χ3v) is 4.41. The molecule has 2 rings (SSSR count). The number of para-hydroxylation sites is 1. The number of aryl methyl sites for hydroxylation is 1. The number of aliphatic imine (C=N–C) groups is 1. The number of rotatable bonds is 8. The van der Waals surface area contributed by atoms with Crippen LogP contribution in [0.5, 0.6) is 5.75 Å². The molecule has 0 atom stereocenters. The first kappa shape index (κ1) is 24.3. The zero-order chi connectivity index (χ0) is 19.8. The number of ether oxygens (including phenoxy) is 1. The molecule has 7 heteroatoms. The lowest BCUT2D eigenvalue weighted by atomic mass is 10.1. The minimum atomic E-state index is 0. The van der Waals surface area contributed by atoms with Crippen LogP contribution in [0.4, 0.5) is 0 Å². The van der Waals surface area contributed by atoms with Gasteiger partial charge in [-0.25, -0.2) is 0 Å². The van der Waals surface area contributed by atoms with Crippen LogP contribution in [0.2, 0.25) is 0 Å². The molecule has 0 aliphatic heterocycles. The van der Waals surface area contributed by atoms with Crippen molar-refractivity contribution >= 4 is 29.9 Å². The molecule has 0 radical (unpaired) electrons. The van der Waals surface area contributed by atoms with E-state index in [0.29, 0.717) is 12.5 Å². The van der Waals surface area contributed by atoms with Crippen molar-refractivity contribution in [3.8, 4) is 5.75 Å². The Morgan fingerprint density at radius 2 is 2.00 bits per heavy atom. The number of hydrogen-bond acceptors (Lipinski definition) is 3. The molecule has 6 nitrogen and oxygen atoms in total. The van der Waals surface area contributed by atoms with Crippen molar-refractivity contribution in [1.29, 1.82) is 0 Å². The molecular weight excluding hydrogens is 465 g/mol. The summed E-state index contributed by atoms with van der Waals surface area (Å²) in [5.74, 6) is 2.24. The van der Waals surface area contributed by atoms with Crippen LogP contribution in [-0.4, -0.2) is 47.9 Å². The van der Waals surface area contributed by atoms with Gasteiger partial charge in [-0.3, -0.25) is 9.67 Å². The number of nitrogens with zero attached hydrogens (tertiary/aromatic N) is 4. The molecule has 0 spiro atoms. The predicted molar refractivity (Wildman–Crippen MR) is 127 cm³/mol. The van der Waals surface area contributed by atoms with Gasteiger partial charge >= 0.3 is 0 Å². The number of hydrogen-bond donors (Lipinski definition) is 1. The van der Waals surface area contributed by atoms with Crippen molar-refractivity contribution in [3.63, 3.8) is 0 Å². The zero-order valence-electron chi connectivity index (χ0n) is 17.9. The molecule has 28 heavy (non-hydrogen) atoms. The molecule has 1 N–H and O–H groups in total. The Kier molecular flexibility index (Phi) is 10.3. The van der Waals surface area contributed by atoms with Crippen LogP contribution in [0.15, 0.2) is 35.5 Å². The van der Waals surface area contributed by atoms with Gasteiger partial charge in [0.2, 0.25) is 0 Å². The van der Waals surface area contributed by atoms with Crippen molar-refractivity contribution in [2.75, 3.05) is 27.2 Å². The fourth-order valence-corrected chi connectivity index (χ4v) is 3.19. The van der Waals surface area contributed by atoms with E-state index in [9.17, 15) is 0 Å². The SMILES string of the molecule is CCOc1ccccc1CCNC(=NC)N(C)Cc1cn(C)nc1C(C)C.I. The van der Waals surface area contributed by atoms with E-state index in [1.165, 1.54) is 11.1 Å². The molecule has 2 aromatic rings. The molecule has 0 amide bonds. The summed E-state index contributed by atoms with van der Waals surface area (Å²) in [5.41, 5.74) is 3.59. The van der Waals surface area contributed by atoms with E-state index in [-0.39, 0.29) is 24.0 Å².